The molecule has 0 radical (unpaired) electrons. The quantitative estimate of drug-likeness (QED) is 0.422. The van der Waals surface area contributed by atoms with E-state index < -0.39 is 0 Å². The number of rotatable bonds is 5. The zero-order valence-corrected chi connectivity index (χ0v) is 16.6. The first kappa shape index (κ1) is 20.3. The number of aliphatic imine (C=N–C) groups is 1. The van der Waals surface area contributed by atoms with Gasteiger partial charge in [-0.3, -0.25) is 4.98 Å². The van der Waals surface area contributed by atoms with Crippen molar-refractivity contribution in [3.8, 4) is 0 Å². The average Bonchev–Trinajstić information content (AvgIpc) is 2.54. The second-order valence-electron chi connectivity index (χ2n) is 5.40. The molecule has 0 atom stereocenters. The molecule has 0 unspecified atom stereocenters. The number of halogens is 2. The lowest BCUT2D eigenvalue weighted by atomic mass is 10.1. The van der Waals surface area contributed by atoms with E-state index in [9.17, 15) is 4.39 Å². The number of nitrogens with zero attached hydrogens (tertiary/aromatic N) is 2. The van der Waals surface area contributed by atoms with E-state index in [2.05, 4.69) is 20.6 Å². The van der Waals surface area contributed by atoms with E-state index in [1.165, 1.54) is 6.07 Å². The third kappa shape index (κ3) is 6.07. The van der Waals surface area contributed by atoms with Crippen LogP contribution in [0.3, 0.4) is 0 Å². The van der Waals surface area contributed by atoms with Crippen molar-refractivity contribution in [1.29, 1.82) is 0 Å². The predicted molar refractivity (Wildman–Crippen MR) is 107 cm³/mol. The van der Waals surface area contributed by atoms with Crippen LogP contribution in [0.25, 0.3) is 0 Å². The highest BCUT2D eigenvalue weighted by atomic mass is 127. The first-order valence-electron chi connectivity index (χ1n) is 7.78. The Bertz CT molecular complexity index is 688. The highest BCUT2D eigenvalue weighted by molar-refractivity contribution is 14.0. The number of hydrogen-bond acceptors (Lipinski definition) is 2. The summed E-state index contributed by atoms with van der Waals surface area (Å²) in [6.07, 6.45) is 1.78. The minimum Gasteiger partial charge on any atom is -0.357 e. The molecule has 0 aliphatic carbocycles. The number of benzene rings is 1. The molecule has 2 N–H and O–H groups in total. The maximum atomic E-state index is 13.6. The SMILES string of the molecule is CCNC(=NCc1ccc(C)c(F)c1)NCc1ncccc1C.I. The van der Waals surface area contributed by atoms with E-state index in [0.29, 0.717) is 24.6 Å². The number of guanidine groups is 1. The molecule has 130 valence electrons. The van der Waals surface area contributed by atoms with Crippen molar-refractivity contribution in [1.82, 2.24) is 15.6 Å². The lowest BCUT2D eigenvalue weighted by Gasteiger charge is -2.12. The summed E-state index contributed by atoms with van der Waals surface area (Å²) >= 11 is 0. The van der Waals surface area contributed by atoms with Gasteiger partial charge in [0, 0.05) is 12.7 Å². The molecular weight excluding hydrogens is 418 g/mol. The summed E-state index contributed by atoms with van der Waals surface area (Å²) in [5.41, 5.74) is 3.61. The van der Waals surface area contributed by atoms with Gasteiger partial charge in [0.1, 0.15) is 5.82 Å². The summed E-state index contributed by atoms with van der Waals surface area (Å²) in [7, 11) is 0. The monoisotopic (exact) mass is 442 g/mol. The van der Waals surface area contributed by atoms with Gasteiger partial charge in [-0.05, 0) is 49.6 Å². The smallest absolute Gasteiger partial charge is 0.191 e. The van der Waals surface area contributed by atoms with Gasteiger partial charge in [0.2, 0.25) is 0 Å². The zero-order valence-electron chi connectivity index (χ0n) is 14.3. The van der Waals surface area contributed by atoms with E-state index in [-0.39, 0.29) is 29.8 Å². The molecule has 0 saturated carbocycles. The molecule has 24 heavy (non-hydrogen) atoms. The third-order valence-corrected chi connectivity index (χ3v) is 3.54. The molecule has 0 fully saturated rings. The van der Waals surface area contributed by atoms with Crippen molar-refractivity contribution >= 4 is 29.9 Å². The minimum atomic E-state index is -0.195. The van der Waals surface area contributed by atoms with Crippen LogP contribution in [0.4, 0.5) is 4.39 Å². The standard InChI is InChI=1S/C18H23FN4.HI/c1-4-20-18(23-12-17-14(3)6-5-9-21-17)22-11-15-8-7-13(2)16(19)10-15;/h5-10H,4,11-12H2,1-3H3,(H2,20,22,23);1H. The Balaban J connectivity index is 0.00000288. The van der Waals surface area contributed by atoms with Crippen molar-refractivity contribution in [3.63, 3.8) is 0 Å². The van der Waals surface area contributed by atoms with Crippen LogP contribution in [-0.4, -0.2) is 17.5 Å². The highest BCUT2D eigenvalue weighted by Crippen LogP contribution is 2.10. The fourth-order valence-electron chi connectivity index (χ4n) is 2.12. The Morgan fingerprint density at radius 3 is 2.62 bits per heavy atom. The molecular formula is C18H24FIN4. The van der Waals surface area contributed by atoms with E-state index in [4.69, 9.17) is 0 Å². The molecule has 6 heteroatoms. The van der Waals surface area contributed by atoms with Gasteiger partial charge in [-0.2, -0.15) is 0 Å². The highest BCUT2D eigenvalue weighted by Gasteiger charge is 2.03. The van der Waals surface area contributed by atoms with Crippen molar-refractivity contribution in [2.75, 3.05) is 6.54 Å². The van der Waals surface area contributed by atoms with Crippen LogP contribution in [-0.2, 0) is 13.1 Å². The van der Waals surface area contributed by atoms with Crippen LogP contribution in [0.1, 0.15) is 29.3 Å². The van der Waals surface area contributed by atoms with E-state index in [0.717, 1.165) is 23.4 Å². The van der Waals surface area contributed by atoms with Crippen LogP contribution in [0, 0.1) is 19.7 Å². The van der Waals surface area contributed by atoms with Crippen molar-refractivity contribution in [3.05, 3.63) is 64.7 Å². The Morgan fingerprint density at radius 1 is 1.17 bits per heavy atom. The number of pyridine rings is 1. The molecule has 2 aromatic rings. The summed E-state index contributed by atoms with van der Waals surface area (Å²) in [5, 5.41) is 6.44. The second kappa shape index (κ2) is 10.2. The van der Waals surface area contributed by atoms with Crippen LogP contribution >= 0.6 is 24.0 Å². The van der Waals surface area contributed by atoms with Gasteiger partial charge >= 0.3 is 0 Å². The minimum absolute atomic E-state index is 0. The zero-order chi connectivity index (χ0) is 16.7. The molecule has 0 amide bonds. The first-order valence-corrected chi connectivity index (χ1v) is 7.78. The molecule has 4 nitrogen and oxygen atoms in total. The van der Waals surface area contributed by atoms with Crippen LogP contribution in [0.2, 0.25) is 0 Å². The lowest BCUT2D eigenvalue weighted by Crippen LogP contribution is -2.37. The topological polar surface area (TPSA) is 49.3 Å². The van der Waals surface area contributed by atoms with E-state index >= 15 is 0 Å². The van der Waals surface area contributed by atoms with Gasteiger partial charge in [-0.15, -0.1) is 24.0 Å². The number of aromatic nitrogens is 1. The molecule has 0 saturated heterocycles. The molecule has 2 rings (SSSR count). The Labute approximate surface area is 160 Å². The Hall–Kier alpha value is -1.70. The van der Waals surface area contributed by atoms with Crippen LogP contribution < -0.4 is 10.6 Å². The molecule has 0 aliphatic rings. The van der Waals surface area contributed by atoms with Crippen LogP contribution in [0.5, 0.6) is 0 Å². The largest absolute Gasteiger partial charge is 0.357 e. The van der Waals surface area contributed by atoms with E-state index in [1.54, 1.807) is 19.2 Å². The Kier molecular flexibility index (Phi) is 8.67. The van der Waals surface area contributed by atoms with Gasteiger partial charge in [0.05, 0.1) is 18.8 Å². The summed E-state index contributed by atoms with van der Waals surface area (Å²) in [6, 6.07) is 9.16. The van der Waals surface area contributed by atoms with Gasteiger partial charge in [-0.1, -0.05) is 18.2 Å². The average molecular weight is 442 g/mol. The molecule has 0 bridgehead atoms. The number of nitrogens with one attached hydrogen (secondary N) is 2. The first-order chi connectivity index (χ1) is 11.1. The predicted octanol–water partition coefficient (Wildman–Crippen LogP) is 3.71. The van der Waals surface area contributed by atoms with Gasteiger partial charge in [0.15, 0.2) is 5.96 Å². The van der Waals surface area contributed by atoms with Crippen molar-refractivity contribution < 1.29 is 4.39 Å². The molecule has 1 aromatic heterocycles. The molecule has 1 heterocycles. The summed E-state index contributed by atoms with van der Waals surface area (Å²) < 4.78 is 13.6. The summed E-state index contributed by atoms with van der Waals surface area (Å²) in [5.74, 6) is 0.498. The van der Waals surface area contributed by atoms with Gasteiger partial charge in [0.25, 0.3) is 0 Å². The molecule has 1 aromatic carbocycles. The lowest BCUT2D eigenvalue weighted by molar-refractivity contribution is 0.616. The fourth-order valence-corrected chi connectivity index (χ4v) is 2.12. The normalized spacial score (nSPS) is 10.9. The van der Waals surface area contributed by atoms with Gasteiger partial charge < -0.3 is 10.6 Å². The molecule has 0 aliphatic heterocycles. The van der Waals surface area contributed by atoms with Crippen molar-refractivity contribution in [2.24, 2.45) is 4.99 Å². The second-order valence-corrected chi connectivity index (χ2v) is 5.40. The summed E-state index contributed by atoms with van der Waals surface area (Å²) in [6.45, 7) is 7.57. The number of aryl methyl sites for hydroxylation is 2. The van der Waals surface area contributed by atoms with Crippen LogP contribution in [0.15, 0.2) is 41.5 Å². The molecule has 0 spiro atoms. The summed E-state index contributed by atoms with van der Waals surface area (Å²) in [4.78, 5) is 8.85. The maximum Gasteiger partial charge on any atom is 0.191 e. The van der Waals surface area contributed by atoms with E-state index in [1.807, 2.05) is 32.0 Å². The number of hydrogen-bond donors (Lipinski definition) is 2. The van der Waals surface area contributed by atoms with Gasteiger partial charge in [-0.25, -0.2) is 9.38 Å². The third-order valence-electron chi connectivity index (χ3n) is 3.54. The fraction of sp³-hybridized carbons (Fsp3) is 0.333. The van der Waals surface area contributed by atoms with Crippen molar-refractivity contribution in [2.45, 2.75) is 33.9 Å². The Morgan fingerprint density at radius 2 is 1.96 bits per heavy atom. The maximum absolute atomic E-state index is 13.6.